The Labute approximate surface area is 224 Å². The number of piperidine rings is 1. The minimum Gasteiger partial charge on any atom is -0.365 e. The lowest BCUT2D eigenvalue weighted by atomic mass is 9.89. The molecule has 0 atom stereocenters. The number of carbonyl (C=O) groups excluding carboxylic acids is 2. The largest absolute Gasteiger partial charge is 0.365 e. The van der Waals surface area contributed by atoms with Gasteiger partial charge < -0.3 is 10.2 Å². The van der Waals surface area contributed by atoms with Gasteiger partial charge in [0.1, 0.15) is 22.8 Å². The summed E-state index contributed by atoms with van der Waals surface area (Å²) in [5.74, 6) is -1.04. The van der Waals surface area contributed by atoms with E-state index in [1.165, 1.54) is 23.0 Å². The van der Waals surface area contributed by atoms with E-state index in [9.17, 15) is 22.4 Å². The van der Waals surface area contributed by atoms with Crippen LogP contribution in [0.25, 0.3) is 5.65 Å². The monoisotopic (exact) mass is 550 g/mol. The van der Waals surface area contributed by atoms with Crippen molar-refractivity contribution in [3.05, 3.63) is 95.1 Å². The van der Waals surface area contributed by atoms with E-state index < -0.39 is 15.9 Å². The van der Waals surface area contributed by atoms with E-state index >= 15 is 0 Å². The van der Waals surface area contributed by atoms with Gasteiger partial charge in [-0.2, -0.15) is 9.61 Å². The van der Waals surface area contributed by atoms with Crippen LogP contribution in [0.2, 0.25) is 0 Å². The lowest BCUT2D eigenvalue weighted by molar-refractivity contribution is 0.0712. The number of carbonyl (C=O) groups is 2. The fourth-order valence-corrected chi connectivity index (χ4v) is 5.24. The topological polar surface area (TPSA) is 126 Å². The van der Waals surface area contributed by atoms with Crippen LogP contribution in [0.1, 0.15) is 50.6 Å². The Hall–Kier alpha value is -4.32. The number of anilines is 1. The summed E-state index contributed by atoms with van der Waals surface area (Å²) in [5, 5.41) is 7.50. The lowest BCUT2D eigenvalue weighted by Gasteiger charge is -2.32. The Morgan fingerprint density at radius 1 is 1.00 bits per heavy atom. The number of nitrogens with zero attached hydrogens (tertiary/aromatic N) is 4. The number of amides is 2. The van der Waals surface area contributed by atoms with E-state index in [2.05, 4.69) is 15.4 Å². The molecular weight excluding hydrogens is 523 g/mol. The molecule has 2 amide bonds. The van der Waals surface area contributed by atoms with E-state index in [4.69, 9.17) is 0 Å². The third kappa shape index (κ3) is 5.75. The summed E-state index contributed by atoms with van der Waals surface area (Å²) in [6, 6.07) is 16.3. The second-order valence-corrected chi connectivity index (χ2v) is 11.2. The summed E-state index contributed by atoms with van der Waals surface area (Å²) in [5.41, 5.74) is 1.92. The number of rotatable bonds is 7. The van der Waals surface area contributed by atoms with Crippen LogP contribution in [-0.2, 0) is 16.6 Å². The predicted molar refractivity (Wildman–Crippen MR) is 143 cm³/mol. The van der Waals surface area contributed by atoms with E-state index in [1.807, 2.05) is 41.1 Å². The van der Waals surface area contributed by atoms with Crippen LogP contribution < -0.4 is 10.0 Å². The molecule has 39 heavy (non-hydrogen) atoms. The molecule has 10 nitrogen and oxygen atoms in total. The van der Waals surface area contributed by atoms with Crippen LogP contribution in [0.4, 0.5) is 10.2 Å². The molecule has 12 heteroatoms. The highest BCUT2D eigenvalue weighted by Crippen LogP contribution is 2.31. The van der Waals surface area contributed by atoms with Crippen LogP contribution in [0.3, 0.4) is 0 Å². The summed E-state index contributed by atoms with van der Waals surface area (Å²) in [6.45, 7) is 1.24. The Bertz CT molecular complexity index is 1630. The van der Waals surface area contributed by atoms with Crippen molar-refractivity contribution in [2.75, 3.05) is 24.7 Å². The van der Waals surface area contributed by atoms with Gasteiger partial charge in [0.05, 0.1) is 12.5 Å². The average Bonchev–Trinajstić information content (AvgIpc) is 3.36. The Balaban J connectivity index is 1.44. The highest BCUT2D eigenvalue weighted by atomic mass is 32.2. The molecule has 2 aromatic carbocycles. The molecule has 0 bridgehead atoms. The van der Waals surface area contributed by atoms with Gasteiger partial charge in [0, 0.05) is 25.8 Å². The number of hydrogen-bond donors (Lipinski definition) is 2. The minimum absolute atomic E-state index is 0.0218. The predicted octanol–water partition coefficient (Wildman–Crippen LogP) is 3.19. The van der Waals surface area contributed by atoms with Crippen LogP contribution in [-0.4, -0.2) is 59.1 Å². The lowest BCUT2D eigenvalue weighted by Crippen LogP contribution is -2.38. The van der Waals surface area contributed by atoms with Gasteiger partial charge in [-0.15, -0.1) is 0 Å². The molecule has 0 unspecified atom stereocenters. The van der Waals surface area contributed by atoms with Crippen molar-refractivity contribution in [1.82, 2.24) is 24.2 Å². The molecule has 1 aliphatic heterocycles. The second kappa shape index (κ2) is 10.8. The molecule has 3 heterocycles. The zero-order valence-electron chi connectivity index (χ0n) is 21.2. The highest BCUT2D eigenvalue weighted by molar-refractivity contribution is 7.89. The van der Waals surface area contributed by atoms with Crippen molar-refractivity contribution in [3.63, 3.8) is 0 Å². The number of nitrogens with one attached hydrogen (secondary N) is 2. The summed E-state index contributed by atoms with van der Waals surface area (Å²) in [6.07, 6.45) is 4.69. The van der Waals surface area contributed by atoms with E-state index in [0.29, 0.717) is 43.9 Å². The van der Waals surface area contributed by atoms with Crippen molar-refractivity contribution in [2.24, 2.45) is 0 Å². The van der Waals surface area contributed by atoms with E-state index in [0.717, 1.165) is 11.8 Å². The normalized spacial score (nSPS) is 14.4. The maximum Gasteiger partial charge on any atom is 0.270 e. The molecule has 1 fully saturated rings. The SMILES string of the molecule is CS(=O)(=O)NC(=O)c1cnn2c(NCc3ccccc3)c(C(=O)N3CCC(c4ccccc4F)CC3)cnc12. The van der Waals surface area contributed by atoms with Crippen molar-refractivity contribution in [1.29, 1.82) is 0 Å². The number of aromatic nitrogens is 3. The van der Waals surface area contributed by atoms with Gasteiger partial charge in [-0.05, 0) is 36.0 Å². The first kappa shape index (κ1) is 26.3. The smallest absolute Gasteiger partial charge is 0.270 e. The molecule has 1 saturated heterocycles. The van der Waals surface area contributed by atoms with Gasteiger partial charge in [-0.25, -0.2) is 22.5 Å². The number of benzene rings is 2. The van der Waals surface area contributed by atoms with Crippen molar-refractivity contribution in [3.8, 4) is 0 Å². The zero-order chi connectivity index (χ0) is 27.6. The average molecular weight is 551 g/mol. The molecule has 0 radical (unpaired) electrons. The number of hydrogen-bond acceptors (Lipinski definition) is 7. The maximum atomic E-state index is 14.3. The fraction of sp³-hybridized carbons (Fsp3) is 0.259. The van der Waals surface area contributed by atoms with Crippen LogP contribution in [0, 0.1) is 5.82 Å². The quantitative estimate of drug-likeness (QED) is 0.362. The standard InChI is InChI=1S/C27H27FN6O4S/c1-39(37,38)32-26(35)21-17-31-34-24(21)30-16-22(25(34)29-15-18-7-3-2-4-8-18)27(36)33-13-11-19(12-14-33)20-9-5-6-10-23(20)28/h2-10,16-17,19,29H,11-15H2,1H3,(H,32,35). The molecule has 0 aliphatic carbocycles. The number of fused-ring (bicyclic) bond motifs is 1. The molecule has 202 valence electrons. The molecule has 2 N–H and O–H groups in total. The van der Waals surface area contributed by atoms with E-state index in [1.54, 1.807) is 17.0 Å². The van der Waals surface area contributed by atoms with Gasteiger partial charge in [0.2, 0.25) is 10.0 Å². The maximum absolute atomic E-state index is 14.3. The van der Waals surface area contributed by atoms with Gasteiger partial charge >= 0.3 is 0 Å². The summed E-state index contributed by atoms with van der Waals surface area (Å²) in [4.78, 5) is 32.3. The summed E-state index contributed by atoms with van der Waals surface area (Å²) < 4.78 is 40.7. The first-order valence-electron chi connectivity index (χ1n) is 12.4. The molecule has 0 saturated carbocycles. The Morgan fingerprint density at radius 2 is 1.69 bits per heavy atom. The van der Waals surface area contributed by atoms with Gasteiger partial charge in [0.25, 0.3) is 11.8 Å². The first-order valence-corrected chi connectivity index (χ1v) is 14.3. The number of sulfonamides is 1. The molecular formula is C27H27FN6O4S. The number of likely N-dealkylation sites (tertiary alicyclic amines) is 1. The van der Waals surface area contributed by atoms with Crippen molar-refractivity contribution >= 4 is 33.3 Å². The van der Waals surface area contributed by atoms with Gasteiger partial charge in [-0.3, -0.25) is 9.59 Å². The second-order valence-electron chi connectivity index (χ2n) is 9.44. The minimum atomic E-state index is -3.80. The Morgan fingerprint density at radius 3 is 2.38 bits per heavy atom. The molecule has 4 aromatic rings. The third-order valence-corrected chi connectivity index (χ3v) is 7.27. The van der Waals surface area contributed by atoms with Crippen LogP contribution >= 0.6 is 0 Å². The third-order valence-electron chi connectivity index (χ3n) is 6.71. The summed E-state index contributed by atoms with van der Waals surface area (Å²) in [7, 11) is -3.80. The molecule has 5 rings (SSSR count). The highest BCUT2D eigenvalue weighted by Gasteiger charge is 2.29. The Kier molecular flexibility index (Phi) is 7.29. The molecule has 0 spiro atoms. The van der Waals surface area contributed by atoms with Crippen LogP contribution in [0.15, 0.2) is 67.0 Å². The summed E-state index contributed by atoms with van der Waals surface area (Å²) >= 11 is 0. The van der Waals surface area contributed by atoms with Crippen LogP contribution in [0.5, 0.6) is 0 Å². The zero-order valence-corrected chi connectivity index (χ0v) is 22.0. The van der Waals surface area contributed by atoms with Gasteiger partial charge in [0.15, 0.2) is 5.65 Å². The fourth-order valence-electron chi connectivity index (χ4n) is 4.79. The molecule has 1 aliphatic rings. The molecule has 2 aromatic heterocycles. The van der Waals surface area contributed by atoms with E-state index in [-0.39, 0.29) is 34.4 Å². The number of halogens is 1. The van der Waals surface area contributed by atoms with Gasteiger partial charge in [-0.1, -0.05) is 48.5 Å². The van der Waals surface area contributed by atoms with Crippen molar-refractivity contribution < 1.29 is 22.4 Å². The van der Waals surface area contributed by atoms with Crippen molar-refractivity contribution in [2.45, 2.75) is 25.3 Å². The first-order chi connectivity index (χ1) is 18.7.